The Morgan fingerprint density at radius 2 is 1.49 bits per heavy atom. The van der Waals surface area contributed by atoms with Crippen LogP contribution in [0.1, 0.15) is 123 Å². The Kier molecular flexibility index (Phi) is 19.8. The van der Waals surface area contributed by atoms with E-state index in [2.05, 4.69) is 66.5 Å². The Morgan fingerprint density at radius 1 is 0.811 bits per heavy atom. The van der Waals surface area contributed by atoms with Crippen molar-refractivity contribution in [3.05, 3.63) is 141 Å². The highest BCUT2D eigenvalue weighted by atomic mass is 35.5. The van der Waals surface area contributed by atoms with Crippen LogP contribution in [-0.2, 0) is 35.1 Å². The number of hydrogen-bond donors (Lipinski definition) is 4. The number of nitrogens with one attached hydrogen (secondary N) is 4. The molecule has 4 aromatic rings. The predicted octanol–water partition coefficient (Wildman–Crippen LogP) is 10.2. The molecule has 74 heavy (non-hydrogen) atoms. The van der Waals surface area contributed by atoms with Crippen molar-refractivity contribution in [2.24, 2.45) is 17.3 Å². The number of halogens is 2. The molecule has 396 valence electrons. The highest BCUT2D eigenvalue weighted by molar-refractivity contribution is 6.30. The van der Waals surface area contributed by atoms with Crippen LogP contribution in [0.3, 0.4) is 0 Å². The fraction of sp³-hybridized carbons (Fsp3) is 0.466. The number of anilines is 2. The largest absolute Gasteiger partial charge is 0.382 e. The first-order valence-electron chi connectivity index (χ1n) is 25.9. The molecule has 0 saturated carbocycles. The van der Waals surface area contributed by atoms with Gasteiger partial charge in [-0.1, -0.05) is 94.7 Å². The minimum Gasteiger partial charge on any atom is -0.382 e. The molecular weight excluding hydrogens is 980 g/mol. The number of likely N-dealkylation sites (tertiary alicyclic amines) is 1. The number of benzene rings is 4. The average Bonchev–Trinajstić information content (AvgIpc) is 3.70. The lowest BCUT2D eigenvalue weighted by molar-refractivity contribution is -0.158. The first-order valence-corrected chi connectivity index (χ1v) is 26.7. The standard InChI is InChI=1S/C58H72Cl2N6O8/c1-37(2)13-23-50(38(3)4)66-53(40-15-19-43(59)20-16-40)47(42-9-7-10-44(60)33-42)34-58(6,57(66)71)35-52(67)64-45-21-17-41(18-22-45)54(68)62-26-28-73-30-32-74-31-29-72-27-25-61-49-12-8-11-46-48(49)36-65(56(46)70)51-24-14-39(5)63-55(51)69/h7-12,15-22,33,37-38,47,50-51,53,61H,5,13-14,23-32,34-36H2,1-4,6H3,(H,62,68)(H,63,69)(H,64,67)/t47-,50-,51?,53-,58-/m1/s1. The quantitative estimate of drug-likeness (QED) is 0.0473. The number of rotatable bonds is 25. The van der Waals surface area contributed by atoms with Crippen LogP contribution in [0.5, 0.6) is 0 Å². The molecule has 2 saturated heterocycles. The van der Waals surface area contributed by atoms with Gasteiger partial charge in [0.15, 0.2) is 0 Å². The highest BCUT2D eigenvalue weighted by Gasteiger charge is 2.53. The minimum atomic E-state index is -1.04. The molecule has 3 heterocycles. The monoisotopic (exact) mass is 1050 g/mol. The van der Waals surface area contributed by atoms with Gasteiger partial charge in [-0.2, -0.15) is 0 Å². The molecule has 0 aromatic heterocycles. The third-order valence-corrected chi connectivity index (χ3v) is 14.8. The molecule has 1 unspecified atom stereocenters. The van der Waals surface area contributed by atoms with Gasteiger partial charge in [0.1, 0.15) is 6.04 Å². The zero-order valence-corrected chi connectivity index (χ0v) is 44.9. The van der Waals surface area contributed by atoms with Gasteiger partial charge in [0.25, 0.3) is 11.8 Å². The molecule has 0 radical (unpaired) electrons. The molecule has 0 bridgehead atoms. The normalized spacial score (nSPS) is 20.2. The number of allylic oxidation sites excluding steroid dienone is 1. The average molecular weight is 1050 g/mol. The second-order valence-corrected chi connectivity index (χ2v) is 21.5. The van der Waals surface area contributed by atoms with Crippen molar-refractivity contribution in [2.45, 2.75) is 104 Å². The Bertz CT molecular complexity index is 2610. The molecule has 5 amide bonds. The summed E-state index contributed by atoms with van der Waals surface area (Å²) in [5.74, 6) is -0.509. The minimum absolute atomic E-state index is 0.0363. The highest BCUT2D eigenvalue weighted by Crippen LogP contribution is 2.53. The predicted molar refractivity (Wildman–Crippen MR) is 290 cm³/mol. The molecule has 4 N–H and O–H groups in total. The van der Waals surface area contributed by atoms with Gasteiger partial charge in [-0.25, -0.2) is 0 Å². The summed E-state index contributed by atoms with van der Waals surface area (Å²) in [5, 5.41) is 13.2. The zero-order valence-electron chi connectivity index (χ0n) is 43.4. The SMILES string of the molecule is C=C1CCC(N2Cc3c(NCCOCCOCCOCCNC(=O)c4ccc(NC(=O)C[C@@]5(C)C[C@H](c6cccc(Cl)c6)[C@@H](c6ccc(Cl)cc6)N([C@H](CCC(C)C)C(C)C)C5=O)cc4)cccc3C2=O)C(=O)N1. The number of ether oxygens (including phenoxy) is 3. The summed E-state index contributed by atoms with van der Waals surface area (Å²) in [6, 6.07) is 26.9. The van der Waals surface area contributed by atoms with Crippen molar-refractivity contribution in [3.8, 4) is 0 Å². The Balaban J connectivity index is 0.823. The Hall–Kier alpha value is -5.77. The van der Waals surface area contributed by atoms with Gasteiger partial charge in [0.05, 0.1) is 51.1 Å². The fourth-order valence-electron chi connectivity index (χ4n) is 10.4. The van der Waals surface area contributed by atoms with E-state index < -0.39 is 11.5 Å². The summed E-state index contributed by atoms with van der Waals surface area (Å²) in [5.41, 5.74) is 4.91. The van der Waals surface area contributed by atoms with Gasteiger partial charge < -0.3 is 45.3 Å². The van der Waals surface area contributed by atoms with Gasteiger partial charge in [0, 0.05) is 81.8 Å². The molecule has 16 heteroatoms. The fourth-order valence-corrected chi connectivity index (χ4v) is 10.8. The number of carbonyl (C=O) groups is 5. The molecule has 7 rings (SSSR count). The zero-order chi connectivity index (χ0) is 52.9. The number of fused-ring (bicyclic) bond motifs is 1. The molecular formula is C58H72Cl2N6O8. The van der Waals surface area contributed by atoms with Crippen LogP contribution in [0, 0.1) is 17.3 Å². The Labute approximate surface area is 446 Å². The van der Waals surface area contributed by atoms with Crippen molar-refractivity contribution >= 4 is 64.1 Å². The van der Waals surface area contributed by atoms with Gasteiger partial charge in [0.2, 0.25) is 17.7 Å². The number of carbonyl (C=O) groups excluding carboxylic acids is 5. The topological polar surface area (TPSA) is 168 Å². The van der Waals surface area contributed by atoms with E-state index in [0.29, 0.717) is 117 Å². The van der Waals surface area contributed by atoms with Crippen LogP contribution in [0.4, 0.5) is 11.4 Å². The maximum atomic E-state index is 15.2. The van der Waals surface area contributed by atoms with E-state index in [-0.39, 0.29) is 59.9 Å². The second-order valence-electron chi connectivity index (χ2n) is 20.7. The summed E-state index contributed by atoms with van der Waals surface area (Å²) in [4.78, 5) is 71.6. The lowest BCUT2D eigenvalue weighted by Crippen LogP contribution is -2.57. The second kappa shape index (κ2) is 26.1. The van der Waals surface area contributed by atoms with Crippen LogP contribution < -0.4 is 21.3 Å². The first-order chi connectivity index (χ1) is 35.5. The molecule has 3 aliphatic rings. The third-order valence-electron chi connectivity index (χ3n) is 14.3. The van der Waals surface area contributed by atoms with E-state index in [1.165, 1.54) is 0 Å². The van der Waals surface area contributed by atoms with Crippen LogP contribution in [0.15, 0.2) is 103 Å². The molecule has 14 nitrogen and oxygen atoms in total. The summed E-state index contributed by atoms with van der Waals surface area (Å²) >= 11 is 13.0. The van der Waals surface area contributed by atoms with E-state index in [1.54, 1.807) is 35.2 Å². The van der Waals surface area contributed by atoms with Crippen molar-refractivity contribution < 1.29 is 38.2 Å². The van der Waals surface area contributed by atoms with E-state index in [9.17, 15) is 19.2 Å². The molecule has 0 aliphatic carbocycles. The van der Waals surface area contributed by atoms with Gasteiger partial charge in [-0.05, 0) is 116 Å². The first kappa shape index (κ1) is 56.0. The lowest BCUT2D eigenvalue weighted by atomic mass is 9.66. The lowest BCUT2D eigenvalue weighted by Gasteiger charge is -2.53. The van der Waals surface area contributed by atoms with Crippen LogP contribution >= 0.6 is 23.2 Å². The van der Waals surface area contributed by atoms with Crippen LogP contribution in [-0.4, -0.2) is 104 Å². The van der Waals surface area contributed by atoms with E-state index in [1.807, 2.05) is 61.5 Å². The van der Waals surface area contributed by atoms with Crippen LogP contribution in [0.25, 0.3) is 0 Å². The number of amides is 5. The van der Waals surface area contributed by atoms with Gasteiger partial charge in [-0.3, -0.25) is 24.0 Å². The number of hydrogen-bond acceptors (Lipinski definition) is 9. The number of piperidine rings is 2. The van der Waals surface area contributed by atoms with Crippen molar-refractivity contribution in [3.63, 3.8) is 0 Å². The summed E-state index contributed by atoms with van der Waals surface area (Å²) < 4.78 is 17.0. The molecule has 2 fully saturated rings. The van der Waals surface area contributed by atoms with E-state index in [4.69, 9.17) is 37.4 Å². The maximum Gasteiger partial charge on any atom is 0.255 e. The molecule has 4 aromatic carbocycles. The maximum absolute atomic E-state index is 15.2. The summed E-state index contributed by atoms with van der Waals surface area (Å²) in [7, 11) is 0. The van der Waals surface area contributed by atoms with E-state index >= 15 is 4.79 Å². The number of nitrogens with zero attached hydrogens (tertiary/aromatic N) is 2. The van der Waals surface area contributed by atoms with Crippen molar-refractivity contribution in [1.29, 1.82) is 0 Å². The summed E-state index contributed by atoms with van der Waals surface area (Å²) in [6.45, 7) is 17.9. The molecule has 5 atom stereocenters. The van der Waals surface area contributed by atoms with Gasteiger partial charge >= 0.3 is 0 Å². The third kappa shape index (κ3) is 14.3. The van der Waals surface area contributed by atoms with Crippen molar-refractivity contribution in [1.82, 2.24) is 20.4 Å². The molecule has 0 spiro atoms. The molecule has 3 aliphatic heterocycles. The summed E-state index contributed by atoms with van der Waals surface area (Å²) in [6.07, 6.45) is 3.37. The van der Waals surface area contributed by atoms with Crippen LogP contribution in [0.2, 0.25) is 10.0 Å². The Morgan fingerprint density at radius 3 is 2.15 bits per heavy atom. The van der Waals surface area contributed by atoms with E-state index in [0.717, 1.165) is 35.2 Å². The van der Waals surface area contributed by atoms with Crippen molar-refractivity contribution in [2.75, 3.05) is 63.4 Å². The smallest absolute Gasteiger partial charge is 0.255 e. The van der Waals surface area contributed by atoms with Gasteiger partial charge in [-0.15, -0.1) is 0 Å².